The summed E-state index contributed by atoms with van der Waals surface area (Å²) in [5.41, 5.74) is 1.16. The molecule has 0 bridgehead atoms. The van der Waals surface area contributed by atoms with Gasteiger partial charge < -0.3 is 14.3 Å². The van der Waals surface area contributed by atoms with Crippen molar-refractivity contribution >= 4 is 6.47 Å². The summed E-state index contributed by atoms with van der Waals surface area (Å²) in [6.45, 7) is -0.500. The number of hydrogen-bond donors (Lipinski definition) is 0. The summed E-state index contributed by atoms with van der Waals surface area (Å²) in [6.07, 6.45) is 1.68. The maximum Gasteiger partial charge on any atom is 1.00 e. The van der Waals surface area contributed by atoms with Crippen molar-refractivity contribution in [2.24, 2.45) is 0 Å². The molecule has 0 amide bonds. The topological polar surface area (TPSA) is 53.3 Å². The molecule has 0 aromatic heterocycles. The maximum atomic E-state index is 8.25. The van der Waals surface area contributed by atoms with Crippen molar-refractivity contribution in [1.29, 1.82) is 0 Å². The first-order valence-corrected chi connectivity index (χ1v) is 3.36. The summed E-state index contributed by atoms with van der Waals surface area (Å²) in [7, 11) is 0. The molecule has 1 heterocycles. The van der Waals surface area contributed by atoms with E-state index in [4.69, 9.17) is 14.3 Å². The number of fused-ring (bicyclic) bond motifs is 1. The Labute approximate surface area is 87.9 Å². The minimum Gasteiger partial charge on any atom is -0.554 e. The van der Waals surface area contributed by atoms with Gasteiger partial charge in [0.2, 0.25) is 0 Å². The molecule has 62 valence electrons. The van der Waals surface area contributed by atoms with Gasteiger partial charge in [-0.1, -0.05) is 12.1 Å². The second-order valence-electron chi connectivity index (χ2n) is 2.05. The second-order valence-corrected chi connectivity index (χ2v) is 2.05. The molecular weight excluding hydrogens is 163 g/mol. The third-order valence-electron chi connectivity index (χ3n) is 1.36. The number of rotatable bonds is 0. The molecule has 0 N–H and O–H groups in total. The first-order valence-electron chi connectivity index (χ1n) is 3.36. The van der Waals surface area contributed by atoms with Crippen LogP contribution in [0.2, 0.25) is 0 Å². The van der Waals surface area contributed by atoms with Crippen molar-refractivity contribution in [3.05, 3.63) is 36.6 Å². The van der Waals surface area contributed by atoms with Gasteiger partial charge in [-0.2, -0.15) is 0 Å². The molecular formula is C9H7LiO3. The van der Waals surface area contributed by atoms with Crippen LogP contribution in [-0.4, -0.2) is 6.47 Å². The summed E-state index contributed by atoms with van der Waals surface area (Å²) in [4.78, 5) is 8.25. The van der Waals surface area contributed by atoms with E-state index in [2.05, 4.69) is 0 Å². The van der Waals surface area contributed by atoms with Crippen LogP contribution < -0.4 is 24.0 Å². The van der Waals surface area contributed by atoms with Crippen LogP contribution in [0.5, 0.6) is 0 Å². The molecule has 4 heteroatoms. The molecule has 3 nitrogen and oxygen atoms in total. The van der Waals surface area contributed by atoms with Gasteiger partial charge in [0.15, 0.2) is 0 Å². The molecule has 0 fully saturated rings. The van der Waals surface area contributed by atoms with Crippen LogP contribution in [0.4, 0.5) is 0 Å². The monoisotopic (exact) mass is 170 g/mol. The zero-order chi connectivity index (χ0) is 8.81. The minimum absolute atomic E-state index is 0. The molecule has 0 spiro atoms. The Bertz CT molecular complexity index is 291. The minimum atomic E-state index is -0.500. The predicted octanol–water partition coefficient (Wildman–Crippen LogP) is -2.25. The molecule has 0 atom stereocenters. The second kappa shape index (κ2) is 6.36. The summed E-state index contributed by atoms with van der Waals surface area (Å²) in [6, 6.07) is 9.88. The van der Waals surface area contributed by atoms with Gasteiger partial charge in [0, 0.05) is 12.0 Å². The van der Waals surface area contributed by atoms with Crippen molar-refractivity contribution < 1.29 is 33.2 Å². The van der Waals surface area contributed by atoms with Gasteiger partial charge >= 0.3 is 18.9 Å². The van der Waals surface area contributed by atoms with Gasteiger partial charge in [-0.25, -0.2) is 0 Å². The quantitative estimate of drug-likeness (QED) is 0.331. The molecule has 13 heavy (non-hydrogen) atoms. The van der Waals surface area contributed by atoms with E-state index in [1.807, 2.05) is 30.3 Å². The molecule has 0 aromatic carbocycles. The Hall–Kier alpha value is -1.17. The van der Waals surface area contributed by atoms with Gasteiger partial charge in [0.05, 0.1) is 6.26 Å². The average Bonchev–Trinajstić information content (AvgIpc) is 2.52. The molecule has 1 aliphatic carbocycles. The van der Waals surface area contributed by atoms with E-state index in [1.165, 1.54) is 0 Å². The Balaban J connectivity index is 0.000000324. The fourth-order valence-electron chi connectivity index (χ4n) is 0.918. The van der Waals surface area contributed by atoms with E-state index in [0.29, 0.717) is 0 Å². The molecule has 0 unspecified atom stereocenters. The zero-order valence-corrected chi connectivity index (χ0v) is 7.27. The van der Waals surface area contributed by atoms with E-state index in [-0.39, 0.29) is 18.9 Å². The molecule has 0 radical (unpaired) electrons. The SMILES string of the molecule is O=C[O-].[Li+].c1coc2cccc-2c1. The van der Waals surface area contributed by atoms with Crippen LogP contribution in [0, 0.1) is 0 Å². The van der Waals surface area contributed by atoms with Crippen molar-refractivity contribution in [2.45, 2.75) is 0 Å². The Morgan fingerprint density at radius 3 is 2.46 bits per heavy atom. The zero-order valence-electron chi connectivity index (χ0n) is 7.27. The van der Waals surface area contributed by atoms with Crippen molar-refractivity contribution in [1.82, 2.24) is 0 Å². The number of carbonyl (C=O) groups excluding carboxylic acids is 1. The van der Waals surface area contributed by atoms with Crippen LogP contribution in [0.3, 0.4) is 0 Å². The summed E-state index contributed by atoms with van der Waals surface area (Å²) < 4.78 is 5.15. The van der Waals surface area contributed by atoms with Crippen LogP contribution in [-0.2, 0) is 4.79 Å². The van der Waals surface area contributed by atoms with E-state index >= 15 is 0 Å². The largest absolute Gasteiger partial charge is 1.00 e. The average molecular weight is 170 g/mol. The van der Waals surface area contributed by atoms with Crippen LogP contribution in [0.15, 0.2) is 41.0 Å². The Morgan fingerprint density at radius 1 is 1.23 bits per heavy atom. The Morgan fingerprint density at radius 2 is 1.85 bits per heavy atom. The van der Waals surface area contributed by atoms with E-state index < -0.39 is 6.47 Å². The van der Waals surface area contributed by atoms with Gasteiger partial charge in [-0.3, -0.25) is 0 Å². The van der Waals surface area contributed by atoms with E-state index in [1.54, 1.807) is 6.26 Å². The normalized spacial score (nSPS) is 8.00. The molecule has 2 aliphatic rings. The van der Waals surface area contributed by atoms with Crippen LogP contribution >= 0.6 is 0 Å². The third kappa shape index (κ3) is 3.37. The molecule has 0 aromatic rings. The fraction of sp³-hybridized carbons (Fsp3) is 0. The van der Waals surface area contributed by atoms with Crippen molar-refractivity contribution in [3.63, 3.8) is 0 Å². The predicted molar refractivity (Wildman–Crippen MR) is 41.4 cm³/mol. The fourth-order valence-corrected chi connectivity index (χ4v) is 0.918. The third-order valence-corrected chi connectivity index (χ3v) is 1.36. The summed E-state index contributed by atoms with van der Waals surface area (Å²) in [5.74, 6) is 0.956. The van der Waals surface area contributed by atoms with E-state index in [9.17, 15) is 0 Å². The first-order chi connectivity index (χ1) is 5.88. The van der Waals surface area contributed by atoms with Crippen molar-refractivity contribution in [3.8, 4) is 11.3 Å². The van der Waals surface area contributed by atoms with Gasteiger partial charge in [-0.05, 0) is 18.2 Å². The first kappa shape index (κ1) is 11.8. The molecule has 0 saturated carbocycles. The smallest absolute Gasteiger partial charge is 0.554 e. The summed E-state index contributed by atoms with van der Waals surface area (Å²) >= 11 is 0. The number of hydrogen-bond acceptors (Lipinski definition) is 3. The molecule has 1 aliphatic heterocycles. The van der Waals surface area contributed by atoms with Crippen LogP contribution in [0.25, 0.3) is 11.3 Å². The number of carboxylic acid groups (broad SMARTS) is 1. The van der Waals surface area contributed by atoms with Crippen molar-refractivity contribution in [2.75, 3.05) is 0 Å². The summed E-state index contributed by atoms with van der Waals surface area (Å²) in [5, 5.41) is 8.25. The van der Waals surface area contributed by atoms with Gasteiger partial charge in [-0.15, -0.1) is 0 Å². The van der Waals surface area contributed by atoms with Crippen LogP contribution in [0.1, 0.15) is 0 Å². The van der Waals surface area contributed by atoms with Gasteiger partial charge in [0.25, 0.3) is 0 Å². The maximum absolute atomic E-state index is 8.25. The molecule has 0 saturated heterocycles. The number of carbonyl (C=O) groups is 1. The molecule has 2 rings (SSSR count). The standard InChI is InChI=1S/C8H6O.CH2O2.Li/c1-3-7-4-2-6-9-8(7)5-1;2-1-3;/h1-6H;1H,(H,2,3);/q;;+1/p-1. The Kier molecular flexibility index (Phi) is 5.78. The van der Waals surface area contributed by atoms with Gasteiger partial charge in [0.1, 0.15) is 5.76 Å². The van der Waals surface area contributed by atoms with E-state index in [0.717, 1.165) is 11.3 Å².